The molecule has 0 radical (unpaired) electrons. The summed E-state index contributed by atoms with van der Waals surface area (Å²) < 4.78 is 13.1. The van der Waals surface area contributed by atoms with E-state index >= 15 is 0 Å². The Morgan fingerprint density at radius 2 is 1.96 bits per heavy atom. The lowest BCUT2D eigenvalue weighted by molar-refractivity contribution is -0.132. The molecule has 1 amide bonds. The fourth-order valence-electron chi connectivity index (χ4n) is 4.17. The molecule has 4 heterocycles. The molecule has 2 fully saturated rings. The van der Waals surface area contributed by atoms with Crippen molar-refractivity contribution in [1.82, 2.24) is 19.9 Å². The number of carbonyl (C=O) groups is 1. The summed E-state index contributed by atoms with van der Waals surface area (Å²) >= 11 is 0. The Morgan fingerprint density at radius 3 is 2.73 bits per heavy atom. The minimum atomic E-state index is -0.427. The zero-order valence-corrected chi connectivity index (χ0v) is 14.6. The van der Waals surface area contributed by atoms with E-state index in [-0.39, 0.29) is 11.4 Å². The normalized spacial score (nSPS) is 23.5. The Morgan fingerprint density at radius 1 is 1.12 bits per heavy atom. The lowest BCUT2D eigenvalue weighted by atomic mass is 9.87. The van der Waals surface area contributed by atoms with Crippen molar-refractivity contribution >= 4 is 11.9 Å². The number of hydrogen-bond donors (Lipinski definition) is 0. The monoisotopic (exact) mass is 355 g/mol. The largest absolute Gasteiger partial charge is 0.341 e. The van der Waals surface area contributed by atoms with Gasteiger partial charge in [-0.1, -0.05) is 6.07 Å². The highest BCUT2D eigenvalue weighted by Crippen LogP contribution is 2.40. The summed E-state index contributed by atoms with van der Waals surface area (Å²) in [6.07, 6.45) is 10.3. The molecule has 0 aliphatic carbocycles. The molecule has 0 aromatic carbocycles. The highest BCUT2D eigenvalue weighted by atomic mass is 19.1. The number of anilines is 1. The minimum Gasteiger partial charge on any atom is -0.341 e. The number of aromatic nitrogens is 3. The first-order valence-electron chi connectivity index (χ1n) is 9.08. The first-order valence-corrected chi connectivity index (χ1v) is 9.08. The Balaban J connectivity index is 1.52. The van der Waals surface area contributed by atoms with Gasteiger partial charge in [0.05, 0.1) is 12.4 Å². The van der Waals surface area contributed by atoms with Gasteiger partial charge < -0.3 is 9.80 Å². The molecular formula is C19H22FN5O. The maximum atomic E-state index is 13.1. The van der Waals surface area contributed by atoms with Gasteiger partial charge in [0.2, 0.25) is 11.9 Å². The predicted octanol–water partition coefficient (Wildman–Crippen LogP) is 2.56. The van der Waals surface area contributed by atoms with E-state index < -0.39 is 5.82 Å². The molecule has 6 nitrogen and oxygen atoms in total. The number of hydrogen-bond acceptors (Lipinski definition) is 5. The summed E-state index contributed by atoms with van der Waals surface area (Å²) in [5.74, 6) is 0.357. The Hall–Kier alpha value is -2.57. The van der Waals surface area contributed by atoms with Crippen LogP contribution in [-0.2, 0) is 11.3 Å². The summed E-state index contributed by atoms with van der Waals surface area (Å²) in [6, 6.07) is 3.92. The van der Waals surface area contributed by atoms with Crippen LogP contribution in [0.4, 0.5) is 10.3 Å². The average Bonchev–Trinajstić information content (AvgIpc) is 2.84. The van der Waals surface area contributed by atoms with Crippen LogP contribution < -0.4 is 4.90 Å². The van der Waals surface area contributed by atoms with Crippen LogP contribution in [0.25, 0.3) is 0 Å². The van der Waals surface area contributed by atoms with Gasteiger partial charge in [-0.2, -0.15) is 0 Å². The van der Waals surface area contributed by atoms with Gasteiger partial charge in [-0.25, -0.2) is 14.4 Å². The number of pyridine rings is 1. The number of carbonyl (C=O) groups excluding carboxylic acids is 1. The van der Waals surface area contributed by atoms with Crippen LogP contribution in [0.5, 0.6) is 0 Å². The van der Waals surface area contributed by atoms with E-state index in [1.165, 1.54) is 12.4 Å². The third-order valence-electron chi connectivity index (χ3n) is 5.55. The second-order valence-corrected chi connectivity index (χ2v) is 7.11. The summed E-state index contributed by atoms with van der Waals surface area (Å²) in [7, 11) is 0. The van der Waals surface area contributed by atoms with Gasteiger partial charge in [-0.15, -0.1) is 0 Å². The molecule has 26 heavy (non-hydrogen) atoms. The maximum Gasteiger partial charge on any atom is 0.225 e. The summed E-state index contributed by atoms with van der Waals surface area (Å²) in [4.78, 5) is 29.1. The molecule has 2 saturated heterocycles. The number of likely N-dealkylation sites (tertiary alicyclic amines) is 1. The highest BCUT2D eigenvalue weighted by Gasteiger charge is 2.45. The molecule has 136 valence electrons. The molecular weight excluding hydrogens is 333 g/mol. The zero-order valence-electron chi connectivity index (χ0n) is 14.6. The number of nitrogens with zero attached hydrogens (tertiary/aromatic N) is 5. The maximum absolute atomic E-state index is 13.1. The molecule has 2 aliphatic rings. The SMILES string of the molecule is O=C1CC[C@]2(CCCN(c3ncc(F)cn3)CC2)N1Cc1cccnc1. The van der Waals surface area contributed by atoms with Crippen molar-refractivity contribution in [2.24, 2.45) is 0 Å². The van der Waals surface area contributed by atoms with Crippen LogP contribution in [0.15, 0.2) is 36.9 Å². The van der Waals surface area contributed by atoms with E-state index in [0.717, 1.165) is 44.3 Å². The van der Waals surface area contributed by atoms with Crippen LogP contribution in [0.2, 0.25) is 0 Å². The highest BCUT2D eigenvalue weighted by molar-refractivity contribution is 5.79. The Kier molecular flexibility index (Phi) is 4.53. The second kappa shape index (κ2) is 6.97. The van der Waals surface area contributed by atoms with Crippen molar-refractivity contribution in [3.8, 4) is 0 Å². The van der Waals surface area contributed by atoms with Gasteiger partial charge >= 0.3 is 0 Å². The van der Waals surface area contributed by atoms with Crippen LogP contribution in [0.1, 0.15) is 37.7 Å². The van der Waals surface area contributed by atoms with Crippen molar-refractivity contribution in [1.29, 1.82) is 0 Å². The fourth-order valence-corrected chi connectivity index (χ4v) is 4.17. The lowest BCUT2D eigenvalue weighted by Crippen LogP contribution is -2.46. The smallest absolute Gasteiger partial charge is 0.225 e. The van der Waals surface area contributed by atoms with Crippen molar-refractivity contribution in [2.75, 3.05) is 18.0 Å². The van der Waals surface area contributed by atoms with Gasteiger partial charge in [-0.3, -0.25) is 9.78 Å². The van der Waals surface area contributed by atoms with E-state index in [0.29, 0.717) is 18.9 Å². The topological polar surface area (TPSA) is 62.2 Å². The molecule has 0 N–H and O–H groups in total. The fraction of sp³-hybridized carbons (Fsp3) is 0.474. The van der Waals surface area contributed by atoms with E-state index in [1.807, 2.05) is 18.3 Å². The summed E-state index contributed by atoms with van der Waals surface area (Å²) in [5.41, 5.74) is 0.951. The number of amides is 1. The van der Waals surface area contributed by atoms with Crippen molar-refractivity contribution in [3.63, 3.8) is 0 Å². The molecule has 0 bridgehead atoms. The second-order valence-electron chi connectivity index (χ2n) is 7.11. The standard InChI is InChI=1S/C19H22FN5O/c20-16-12-22-18(23-13-16)24-9-2-5-19(7-10-24)6-4-17(26)25(19)14-15-3-1-8-21-11-15/h1,3,8,11-13H,2,4-7,9-10,14H2/t19-/m0/s1. The Bertz CT molecular complexity index is 769. The molecule has 0 saturated carbocycles. The van der Waals surface area contributed by atoms with Crippen LogP contribution >= 0.6 is 0 Å². The van der Waals surface area contributed by atoms with Gasteiger partial charge in [0.1, 0.15) is 0 Å². The predicted molar refractivity (Wildman–Crippen MR) is 94.8 cm³/mol. The lowest BCUT2D eigenvalue weighted by Gasteiger charge is -2.38. The van der Waals surface area contributed by atoms with Crippen LogP contribution in [0, 0.1) is 5.82 Å². The quantitative estimate of drug-likeness (QED) is 0.847. The summed E-state index contributed by atoms with van der Waals surface area (Å²) in [6.45, 7) is 2.20. The van der Waals surface area contributed by atoms with Crippen LogP contribution in [-0.4, -0.2) is 44.4 Å². The third-order valence-corrected chi connectivity index (χ3v) is 5.55. The molecule has 1 atom stereocenters. The molecule has 2 aromatic heterocycles. The number of halogens is 1. The van der Waals surface area contributed by atoms with Gasteiger partial charge in [0.15, 0.2) is 5.82 Å². The van der Waals surface area contributed by atoms with Crippen LogP contribution in [0.3, 0.4) is 0 Å². The molecule has 2 aromatic rings. The molecule has 4 rings (SSSR count). The average molecular weight is 355 g/mol. The van der Waals surface area contributed by atoms with Gasteiger partial charge in [-0.05, 0) is 37.3 Å². The Labute approximate surface area is 152 Å². The van der Waals surface area contributed by atoms with E-state index in [9.17, 15) is 9.18 Å². The van der Waals surface area contributed by atoms with E-state index in [1.54, 1.807) is 6.20 Å². The minimum absolute atomic E-state index is 0.109. The zero-order chi connectivity index (χ0) is 18.0. The van der Waals surface area contributed by atoms with Crippen molar-refractivity contribution in [2.45, 2.75) is 44.2 Å². The van der Waals surface area contributed by atoms with E-state index in [2.05, 4.69) is 24.8 Å². The summed E-state index contributed by atoms with van der Waals surface area (Å²) in [5, 5.41) is 0. The van der Waals surface area contributed by atoms with Gasteiger partial charge in [0.25, 0.3) is 0 Å². The molecule has 7 heteroatoms. The van der Waals surface area contributed by atoms with Gasteiger partial charge in [0, 0.05) is 44.0 Å². The molecule has 2 aliphatic heterocycles. The first kappa shape index (κ1) is 16.9. The molecule has 1 spiro atoms. The first-order chi connectivity index (χ1) is 12.7. The van der Waals surface area contributed by atoms with E-state index in [4.69, 9.17) is 0 Å². The van der Waals surface area contributed by atoms with Crippen molar-refractivity contribution in [3.05, 3.63) is 48.3 Å². The molecule has 0 unspecified atom stereocenters. The third kappa shape index (κ3) is 3.25. The van der Waals surface area contributed by atoms with Crippen molar-refractivity contribution < 1.29 is 9.18 Å². The number of rotatable bonds is 3.